The van der Waals surface area contributed by atoms with Gasteiger partial charge in [0.2, 0.25) is 5.95 Å². The standard InChI is InChI=1S/C12H13N3S.C11H15N3.C2H6/c1-13-12-8-14-11(7-15-12)9-3-5-10(16-2)6-4-9;1-2-8-4-12-11(13-5-8)14-6-9-3-10(9)7-14;1-2/h3-8H,1-2H3,(H,13,15);4-5,9-10H,2-3,6-7H2,1H3;1-2H3. The molecule has 32 heavy (non-hydrogen) atoms. The Morgan fingerprint density at radius 1 is 0.938 bits per heavy atom. The van der Waals surface area contributed by atoms with Crippen molar-refractivity contribution in [3.8, 4) is 11.3 Å². The Hall–Kier alpha value is -2.67. The van der Waals surface area contributed by atoms with Crippen molar-refractivity contribution in [1.82, 2.24) is 19.9 Å². The van der Waals surface area contributed by atoms with Crippen molar-refractivity contribution in [3.05, 3.63) is 54.6 Å². The fourth-order valence-corrected chi connectivity index (χ4v) is 4.03. The SMILES string of the molecule is CC.CCc1cnc(N2CC3CC3C2)nc1.CNc1cnc(-c2ccc(SC)cc2)cn1. The minimum atomic E-state index is 0.782. The number of aryl methyl sites for hydroxylation is 1. The van der Waals surface area contributed by atoms with Gasteiger partial charge < -0.3 is 10.2 Å². The van der Waals surface area contributed by atoms with Gasteiger partial charge in [-0.2, -0.15) is 0 Å². The second-order valence-electron chi connectivity index (χ2n) is 7.67. The number of nitrogens with zero attached hydrogens (tertiary/aromatic N) is 5. The Labute approximate surface area is 196 Å². The molecule has 2 atom stereocenters. The molecule has 1 aliphatic carbocycles. The number of hydrogen-bond donors (Lipinski definition) is 1. The fraction of sp³-hybridized carbons (Fsp3) is 0.440. The zero-order valence-electron chi connectivity index (χ0n) is 19.7. The molecule has 0 spiro atoms. The summed E-state index contributed by atoms with van der Waals surface area (Å²) in [5.74, 6) is 3.60. The van der Waals surface area contributed by atoms with Gasteiger partial charge in [0.15, 0.2) is 0 Å². The molecule has 6 nitrogen and oxygen atoms in total. The molecule has 0 radical (unpaired) electrons. The molecule has 2 aromatic heterocycles. The summed E-state index contributed by atoms with van der Waals surface area (Å²) in [6.45, 7) is 8.48. The summed E-state index contributed by atoms with van der Waals surface area (Å²) in [7, 11) is 1.83. The van der Waals surface area contributed by atoms with Crippen LogP contribution in [0, 0.1) is 11.8 Å². The van der Waals surface area contributed by atoms with Gasteiger partial charge in [-0.05, 0) is 48.6 Å². The third-order valence-electron chi connectivity index (χ3n) is 5.66. The fourth-order valence-electron chi connectivity index (χ4n) is 3.62. The van der Waals surface area contributed by atoms with E-state index in [1.165, 1.54) is 30.0 Å². The molecule has 2 aliphatic rings. The first-order valence-corrected chi connectivity index (χ1v) is 12.6. The molecule has 1 aliphatic heterocycles. The van der Waals surface area contributed by atoms with Crippen molar-refractivity contribution < 1.29 is 0 Å². The lowest BCUT2D eigenvalue weighted by atomic mass is 10.2. The molecule has 1 saturated carbocycles. The van der Waals surface area contributed by atoms with Crippen LogP contribution in [0.2, 0.25) is 0 Å². The normalized spacial score (nSPS) is 18.0. The van der Waals surface area contributed by atoms with Gasteiger partial charge in [-0.15, -0.1) is 11.8 Å². The highest BCUT2D eigenvalue weighted by Crippen LogP contribution is 2.45. The van der Waals surface area contributed by atoms with Gasteiger partial charge >= 0.3 is 0 Å². The van der Waals surface area contributed by atoms with E-state index in [1.54, 1.807) is 24.2 Å². The lowest BCUT2D eigenvalue weighted by molar-refractivity contribution is 0.784. The molecule has 5 rings (SSSR count). The van der Waals surface area contributed by atoms with Crippen molar-refractivity contribution in [2.45, 2.75) is 38.5 Å². The van der Waals surface area contributed by atoms with Gasteiger partial charge in [0.05, 0.1) is 18.1 Å². The molecular formula is C25H34N6S. The molecule has 3 aromatic rings. The Kier molecular flexibility index (Phi) is 8.85. The predicted octanol–water partition coefficient (Wildman–Crippen LogP) is 5.43. The second-order valence-corrected chi connectivity index (χ2v) is 8.55. The Morgan fingerprint density at radius 3 is 2.09 bits per heavy atom. The first kappa shape index (κ1) is 24.0. The summed E-state index contributed by atoms with van der Waals surface area (Å²) < 4.78 is 0. The number of hydrogen-bond acceptors (Lipinski definition) is 7. The summed E-state index contributed by atoms with van der Waals surface area (Å²) in [4.78, 5) is 21.0. The zero-order chi connectivity index (χ0) is 22.9. The molecule has 1 N–H and O–H groups in total. The number of piperidine rings is 1. The largest absolute Gasteiger partial charge is 0.372 e. The highest BCUT2D eigenvalue weighted by molar-refractivity contribution is 7.98. The number of benzene rings is 1. The first-order chi connectivity index (χ1) is 15.7. The molecule has 0 amide bonds. The van der Waals surface area contributed by atoms with Crippen LogP contribution in [-0.4, -0.2) is 46.3 Å². The molecule has 1 saturated heterocycles. The van der Waals surface area contributed by atoms with Gasteiger partial charge in [-0.25, -0.2) is 15.0 Å². The van der Waals surface area contributed by atoms with Gasteiger partial charge in [0, 0.05) is 43.0 Å². The average Bonchev–Trinajstić information content (AvgIpc) is 3.50. The third kappa shape index (κ3) is 6.19. The van der Waals surface area contributed by atoms with Crippen LogP contribution in [0.4, 0.5) is 11.8 Å². The van der Waals surface area contributed by atoms with Crippen LogP contribution < -0.4 is 10.2 Å². The van der Waals surface area contributed by atoms with Crippen molar-refractivity contribution in [3.63, 3.8) is 0 Å². The van der Waals surface area contributed by atoms with E-state index in [1.807, 2.05) is 33.3 Å². The van der Waals surface area contributed by atoms with E-state index in [0.717, 1.165) is 41.3 Å². The summed E-state index contributed by atoms with van der Waals surface area (Å²) >= 11 is 1.73. The van der Waals surface area contributed by atoms with Crippen LogP contribution in [0.3, 0.4) is 0 Å². The summed E-state index contributed by atoms with van der Waals surface area (Å²) in [5.41, 5.74) is 3.21. The van der Waals surface area contributed by atoms with E-state index >= 15 is 0 Å². The Morgan fingerprint density at radius 2 is 1.59 bits per heavy atom. The molecule has 7 heteroatoms. The first-order valence-electron chi connectivity index (χ1n) is 11.4. The van der Waals surface area contributed by atoms with Crippen molar-refractivity contribution >= 4 is 23.5 Å². The lowest BCUT2D eigenvalue weighted by Gasteiger charge is -2.17. The molecule has 2 unspecified atom stereocenters. The molecule has 3 heterocycles. The van der Waals surface area contributed by atoms with E-state index in [0.29, 0.717) is 0 Å². The molecule has 1 aromatic carbocycles. The zero-order valence-corrected chi connectivity index (χ0v) is 20.6. The van der Waals surface area contributed by atoms with Crippen LogP contribution >= 0.6 is 11.8 Å². The smallest absolute Gasteiger partial charge is 0.225 e. The van der Waals surface area contributed by atoms with Gasteiger partial charge in [-0.3, -0.25) is 4.98 Å². The molecule has 0 bridgehead atoms. The maximum absolute atomic E-state index is 4.40. The molecule has 2 fully saturated rings. The Balaban J connectivity index is 0.000000169. The summed E-state index contributed by atoms with van der Waals surface area (Å²) in [5, 5.41) is 2.95. The van der Waals surface area contributed by atoms with E-state index < -0.39 is 0 Å². The van der Waals surface area contributed by atoms with Gasteiger partial charge in [0.1, 0.15) is 5.82 Å². The number of fused-ring (bicyclic) bond motifs is 1. The quantitative estimate of drug-likeness (QED) is 0.520. The maximum Gasteiger partial charge on any atom is 0.225 e. The number of thioether (sulfide) groups is 1. The number of rotatable bonds is 5. The Bertz CT molecular complexity index is 888. The third-order valence-corrected chi connectivity index (χ3v) is 6.40. The monoisotopic (exact) mass is 450 g/mol. The van der Waals surface area contributed by atoms with E-state index in [2.05, 4.69) is 67.6 Å². The average molecular weight is 451 g/mol. The minimum absolute atomic E-state index is 0.782. The molecule has 170 valence electrons. The minimum Gasteiger partial charge on any atom is -0.372 e. The van der Waals surface area contributed by atoms with Crippen LogP contribution in [0.1, 0.15) is 32.8 Å². The van der Waals surface area contributed by atoms with Crippen LogP contribution in [0.25, 0.3) is 11.3 Å². The topological polar surface area (TPSA) is 66.8 Å². The predicted molar refractivity (Wildman–Crippen MR) is 135 cm³/mol. The molecular weight excluding hydrogens is 416 g/mol. The number of anilines is 2. The summed E-state index contributed by atoms with van der Waals surface area (Å²) in [6.07, 6.45) is 11.9. The number of aromatic nitrogens is 4. The van der Waals surface area contributed by atoms with Crippen molar-refractivity contribution in [2.24, 2.45) is 11.8 Å². The maximum atomic E-state index is 4.40. The number of nitrogens with one attached hydrogen (secondary N) is 1. The van der Waals surface area contributed by atoms with Crippen LogP contribution in [0.15, 0.2) is 53.9 Å². The van der Waals surface area contributed by atoms with Gasteiger partial charge in [0.25, 0.3) is 0 Å². The van der Waals surface area contributed by atoms with Crippen molar-refractivity contribution in [2.75, 3.05) is 36.6 Å². The van der Waals surface area contributed by atoms with Crippen LogP contribution in [0.5, 0.6) is 0 Å². The van der Waals surface area contributed by atoms with E-state index in [4.69, 9.17) is 0 Å². The summed E-state index contributed by atoms with van der Waals surface area (Å²) in [6, 6.07) is 8.31. The van der Waals surface area contributed by atoms with E-state index in [-0.39, 0.29) is 0 Å². The second kappa shape index (κ2) is 11.8. The van der Waals surface area contributed by atoms with Crippen molar-refractivity contribution in [1.29, 1.82) is 0 Å². The van der Waals surface area contributed by atoms with Gasteiger partial charge in [-0.1, -0.05) is 32.9 Å². The highest BCUT2D eigenvalue weighted by Gasteiger charge is 2.45. The highest BCUT2D eigenvalue weighted by atomic mass is 32.2. The van der Waals surface area contributed by atoms with E-state index in [9.17, 15) is 0 Å². The lowest BCUT2D eigenvalue weighted by Crippen LogP contribution is -2.23. The van der Waals surface area contributed by atoms with Crippen LogP contribution in [-0.2, 0) is 6.42 Å².